The molecule has 1 saturated heterocycles. The Morgan fingerprint density at radius 3 is 2.67 bits per heavy atom. The second kappa shape index (κ2) is 14.4. The summed E-state index contributed by atoms with van der Waals surface area (Å²) in [6.45, 7) is 10.5. The van der Waals surface area contributed by atoms with Crippen molar-refractivity contribution in [1.29, 1.82) is 0 Å². The van der Waals surface area contributed by atoms with Crippen molar-refractivity contribution in [3.05, 3.63) is 66.0 Å². The Bertz CT molecular complexity index is 1030. The second-order valence-electron chi connectivity index (χ2n) is 11.2. The van der Waals surface area contributed by atoms with Crippen LogP contribution >= 0.6 is 0 Å². The standard InChI is InChI=1S/C31H45N3O5/c1-23(26-13-7-9-18-32-26)11-10-12-24(2)29-25(3)15-16-27(31(4,37)17-8-6-14-28(35)39-29)38-30(36)34-21-19-33(5)20-22-34/h7,9-13,15-16,18,23,25,27,29,37H,6,8,14,17,19-22H2,1-5H3/b11-10+,16-15+,24-12+/t23-,25-,27+,29+,31-/m0/s1. The Hall–Kier alpha value is -2.97. The molecule has 2 aliphatic heterocycles. The quantitative estimate of drug-likeness (QED) is 0.324. The molecular weight excluding hydrogens is 494 g/mol. The summed E-state index contributed by atoms with van der Waals surface area (Å²) in [6, 6.07) is 5.86. The predicted molar refractivity (Wildman–Crippen MR) is 152 cm³/mol. The molecule has 0 radical (unpaired) electrons. The Labute approximate surface area is 233 Å². The van der Waals surface area contributed by atoms with Crippen molar-refractivity contribution in [3.63, 3.8) is 0 Å². The van der Waals surface area contributed by atoms with Crippen LogP contribution in [-0.2, 0) is 14.3 Å². The first-order chi connectivity index (χ1) is 18.6. The van der Waals surface area contributed by atoms with Crippen molar-refractivity contribution >= 4 is 12.1 Å². The van der Waals surface area contributed by atoms with E-state index in [-0.39, 0.29) is 24.2 Å². The zero-order valence-electron chi connectivity index (χ0n) is 24.1. The first-order valence-electron chi connectivity index (χ1n) is 14.1. The van der Waals surface area contributed by atoms with Gasteiger partial charge in [-0.3, -0.25) is 9.78 Å². The Kier molecular flexibility index (Phi) is 11.3. The number of aromatic nitrogens is 1. The maximum absolute atomic E-state index is 13.0. The molecule has 8 nitrogen and oxygen atoms in total. The van der Waals surface area contributed by atoms with Gasteiger partial charge in [0, 0.05) is 56.3 Å². The Morgan fingerprint density at radius 1 is 1.23 bits per heavy atom. The number of hydrogen-bond acceptors (Lipinski definition) is 7. The highest BCUT2D eigenvalue weighted by atomic mass is 16.6. The molecule has 1 aromatic rings. The van der Waals surface area contributed by atoms with E-state index in [9.17, 15) is 14.7 Å². The number of piperazine rings is 1. The summed E-state index contributed by atoms with van der Waals surface area (Å²) in [7, 11) is 2.03. The van der Waals surface area contributed by atoms with Crippen LogP contribution < -0.4 is 0 Å². The molecule has 39 heavy (non-hydrogen) atoms. The third-order valence-corrected chi connectivity index (χ3v) is 7.60. The summed E-state index contributed by atoms with van der Waals surface area (Å²) in [5.74, 6) is -0.312. The number of esters is 1. The molecule has 1 N–H and O–H groups in total. The van der Waals surface area contributed by atoms with Gasteiger partial charge >= 0.3 is 12.1 Å². The average molecular weight is 540 g/mol. The van der Waals surface area contributed by atoms with Gasteiger partial charge in [0.25, 0.3) is 0 Å². The molecule has 0 bridgehead atoms. The fraction of sp³-hybridized carbons (Fsp3) is 0.581. The molecule has 1 amide bonds. The molecule has 0 aromatic carbocycles. The third-order valence-electron chi connectivity index (χ3n) is 7.60. The number of nitrogens with zero attached hydrogens (tertiary/aromatic N) is 3. The van der Waals surface area contributed by atoms with Gasteiger partial charge in [0.05, 0.1) is 0 Å². The van der Waals surface area contributed by atoms with E-state index in [1.807, 2.05) is 57.3 Å². The number of allylic oxidation sites excluding steroid dienone is 3. The summed E-state index contributed by atoms with van der Waals surface area (Å²) in [5.41, 5.74) is 0.629. The zero-order chi connectivity index (χ0) is 28.4. The van der Waals surface area contributed by atoms with Gasteiger partial charge < -0.3 is 24.4 Å². The molecule has 2 aliphatic rings. The highest BCUT2D eigenvalue weighted by molar-refractivity contribution is 5.70. The van der Waals surface area contributed by atoms with Crippen molar-refractivity contribution < 1.29 is 24.2 Å². The van der Waals surface area contributed by atoms with Crippen molar-refractivity contribution in [1.82, 2.24) is 14.8 Å². The van der Waals surface area contributed by atoms with E-state index < -0.39 is 23.9 Å². The van der Waals surface area contributed by atoms with Gasteiger partial charge in [-0.05, 0) is 63.9 Å². The lowest BCUT2D eigenvalue weighted by Crippen LogP contribution is -2.50. The normalized spacial score (nSPS) is 29.7. The minimum absolute atomic E-state index is 0.143. The van der Waals surface area contributed by atoms with Crippen LogP contribution in [0, 0.1) is 5.92 Å². The van der Waals surface area contributed by atoms with Gasteiger partial charge in [-0.15, -0.1) is 0 Å². The number of aliphatic hydroxyl groups is 1. The zero-order valence-corrected chi connectivity index (χ0v) is 24.1. The minimum atomic E-state index is -1.26. The lowest BCUT2D eigenvalue weighted by atomic mass is 9.89. The van der Waals surface area contributed by atoms with E-state index in [1.165, 1.54) is 0 Å². The Balaban J connectivity index is 1.77. The minimum Gasteiger partial charge on any atom is -0.457 e. The number of rotatable bonds is 5. The molecule has 0 unspecified atom stereocenters. The van der Waals surface area contributed by atoms with Crippen LogP contribution in [0.4, 0.5) is 4.79 Å². The van der Waals surface area contributed by atoms with Gasteiger partial charge in [0.1, 0.15) is 11.7 Å². The van der Waals surface area contributed by atoms with Crippen molar-refractivity contribution in [3.8, 4) is 0 Å². The van der Waals surface area contributed by atoms with Crippen molar-refractivity contribution in [2.75, 3.05) is 33.2 Å². The monoisotopic (exact) mass is 539 g/mol. The average Bonchev–Trinajstić information content (AvgIpc) is 2.91. The topological polar surface area (TPSA) is 92.2 Å². The van der Waals surface area contributed by atoms with Crippen LogP contribution in [-0.4, -0.2) is 83.0 Å². The molecular formula is C31H45N3O5. The maximum Gasteiger partial charge on any atom is 0.410 e. The molecule has 8 heteroatoms. The van der Waals surface area contributed by atoms with Crippen molar-refractivity contribution in [2.24, 2.45) is 5.92 Å². The van der Waals surface area contributed by atoms with Crippen LogP contribution in [0.25, 0.3) is 0 Å². The van der Waals surface area contributed by atoms with Gasteiger partial charge in [-0.25, -0.2) is 4.79 Å². The van der Waals surface area contributed by atoms with Gasteiger partial charge in [-0.2, -0.15) is 0 Å². The largest absolute Gasteiger partial charge is 0.457 e. The molecule has 0 aliphatic carbocycles. The number of likely N-dealkylation sites (N-methyl/N-ethyl adjacent to an activating group) is 1. The van der Waals surface area contributed by atoms with E-state index in [2.05, 4.69) is 22.9 Å². The van der Waals surface area contributed by atoms with Crippen molar-refractivity contribution in [2.45, 2.75) is 77.1 Å². The number of carbonyl (C=O) groups is 2. The van der Waals surface area contributed by atoms with Gasteiger partial charge in [0.15, 0.2) is 6.10 Å². The number of cyclic esters (lactones) is 1. The maximum atomic E-state index is 13.0. The number of carbonyl (C=O) groups excluding carboxylic acids is 2. The SMILES string of the molecule is C/C(=C\C=C\[C@H](C)c1ccccn1)[C@H]1OC(=O)CCCC[C@](C)(O)[C@H](OC(=O)N2CCN(C)CC2)/C=C/[C@@H]1C. The van der Waals surface area contributed by atoms with Crippen LogP contribution in [0.15, 0.2) is 60.3 Å². The van der Waals surface area contributed by atoms with E-state index >= 15 is 0 Å². The summed E-state index contributed by atoms with van der Waals surface area (Å²) in [4.78, 5) is 33.9. The predicted octanol–water partition coefficient (Wildman–Crippen LogP) is 4.87. The molecule has 1 aromatic heterocycles. The summed E-state index contributed by atoms with van der Waals surface area (Å²) < 4.78 is 11.8. The molecule has 1 fully saturated rings. The molecule has 3 rings (SSSR count). The first-order valence-corrected chi connectivity index (χ1v) is 14.1. The number of ether oxygens (including phenoxy) is 2. The number of pyridine rings is 1. The Morgan fingerprint density at radius 2 is 1.97 bits per heavy atom. The van der Waals surface area contributed by atoms with Gasteiger partial charge in [-0.1, -0.05) is 44.2 Å². The molecule has 0 spiro atoms. The number of hydrogen-bond donors (Lipinski definition) is 1. The highest BCUT2D eigenvalue weighted by Gasteiger charge is 2.35. The lowest BCUT2D eigenvalue weighted by molar-refractivity contribution is -0.149. The van der Waals surface area contributed by atoms with Crippen LogP contribution in [0.5, 0.6) is 0 Å². The summed E-state index contributed by atoms with van der Waals surface area (Å²) >= 11 is 0. The fourth-order valence-electron chi connectivity index (χ4n) is 4.85. The molecule has 3 heterocycles. The van der Waals surface area contributed by atoms with Crippen LogP contribution in [0.2, 0.25) is 0 Å². The molecule has 214 valence electrons. The summed E-state index contributed by atoms with van der Waals surface area (Å²) in [5, 5.41) is 11.3. The molecule has 0 saturated carbocycles. The van der Waals surface area contributed by atoms with Crippen LogP contribution in [0.3, 0.4) is 0 Å². The fourth-order valence-corrected chi connectivity index (χ4v) is 4.85. The van der Waals surface area contributed by atoms with E-state index in [4.69, 9.17) is 9.47 Å². The third kappa shape index (κ3) is 9.32. The summed E-state index contributed by atoms with van der Waals surface area (Å²) in [6.07, 6.45) is 11.6. The van der Waals surface area contributed by atoms with E-state index in [0.29, 0.717) is 32.4 Å². The van der Waals surface area contributed by atoms with E-state index in [1.54, 1.807) is 24.1 Å². The van der Waals surface area contributed by atoms with Gasteiger partial charge in [0.2, 0.25) is 0 Å². The van der Waals surface area contributed by atoms with Crippen LogP contribution in [0.1, 0.15) is 65.0 Å². The van der Waals surface area contributed by atoms with E-state index in [0.717, 1.165) is 24.4 Å². The first kappa shape index (κ1) is 30.6. The second-order valence-corrected chi connectivity index (χ2v) is 11.2. The molecule has 5 atom stereocenters. The number of amides is 1. The highest BCUT2D eigenvalue weighted by Crippen LogP contribution is 2.27. The lowest BCUT2D eigenvalue weighted by Gasteiger charge is -2.36. The smallest absolute Gasteiger partial charge is 0.410 e.